The number of benzene rings is 2. The molecule has 0 fully saturated rings. The fourth-order valence-electron chi connectivity index (χ4n) is 6.07. The van der Waals surface area contributed by atoms with E-state index in [1.807, 2.05) is 18.2 Å². The maximum Gasteiger partial charge on any atom is 0.132 e. The number of aromatic nitrogens is 3. The van der Waals surface area contributed by atoms with Crippen LogP contribution in [0.4, 0.5) is 8.78 Å². The number of hydrogen-bond donors (Lipinski definition) is 0. The van der Waals surface area contributed by atoms with Crippen LogP contribution in [0.2, 0.25) is 0 Å². The van der Waals surface area contributed by atoms with Gasteiger partial charge in [0.1, 0.15) is 28.4 Å². The van der Waals surface area contributed by atoms with E-state index in [0.717, 1.165) is 91.6 Å². The molecule has 0 aliphatic carbocycles. The van der Waals surface area contributed by atoms with E-state index in [0.29, 0.717) is 28.3 Å². The second-order valence-electron chi connectivity index (χ2n) is 12.0. The molecule has 0 aliphatic rings. The Morgan fingerprint density at radius 3 is 1.98 bits per heavy atom. The van der Waals surface area contributed by atoms with Crippen LogP contribution in [-0.4, -0.2) is 13.7 Å². The van der Waals surface area contributed by atoms with Gasteiger partial charge in [0.05, 0.1) is 11.7 Å². The molecule has 1 atom stereocenters. The first-order valence-electron chi connectivity index (χ1n) is 16.2. The average Bonchev–Trinajstić information content (AvgIpc) is 3.77. The molecule has 0 amide bonds. The highest BCUT2D eigenvalue weighted by atomic mass is 32.1. The molecule has 3 nitrogen and oxygen atoms in total. The lowest BCUT2D eigenvalue weighted by Crippen LogP contribution is -2.01. The maximum atomic E-state index is 15.3. The van der Waals surface area contributed by atoms with Crippen molar-refractivity contribution in [1.29, 1.82) is 0 Å². The molecule has 6 rings (SSSR count). The molecule has 234 valence electrons. The van der Waals surface area contributed by atoms with Crippen molar-refractivity contribution in [3.8, 4) is 32.1 Å². The molecule has 2 aromatic carbocycles. The van der Waals surface area contributed by atoms with Crippen molar-refractivity contribution in [3.63, 3.8) is 0 Å². The van der Waals surface area contributed by atoms with Crippen molar-refractivity contribution in [2.24, 2.45) is 5.92 Å². The number of unbranched alkanes of at least 4 members (excludes halogenated alkanes) is 3. The summed E-state index contributed by atoms with van der Waals surface area (Å²) >= 11 is 4.36. The quantitative estimate of drug-likeness (QED) is 0.109. The van der Waals surface area contributed by atoms with E-state index in [9.17, 15) is 0 Å². The minimum absolute atomic E-state index is 0.153. The largest absolute Gasteiger partial charge is 0.253 e. The lowest BCUT2D eigenvalue weighted by molar-refractivity contribution is 0.421. The van der Waals surface area contributed by atoms with E-state index in [-0.39, 0.29) is 11.6 Å². The zero-order valence-corrected chi connectivity index (χ0v) is 28.6. The van der Waals surface area contributed by atoms with Gasteiger partial charge in [-0.15, -0.1) is 22.7 Å². The summed E-state index contributed by atoms with van der Waals surface area (Å²) < 4.78 is 41.9. The van der Waals surface area contributed by atoms with Crippen LogP contribution in [0.1, 0.15) is 83.3 Å². The van der Waals surface area contributed by atoms with Crippen molar-refractivity contribution >= 4 is 54.8 Å². The number of pyridine rings is 1. The molecule has 0 saturated heterocycles. The van der Waals surface area contributed by atoms with Crippen LogP contribution in [0.15, 0.2) is 54.7 Å². The van der Waals surface area contributed by atoms with E-state index in [1.54, 1.807) is 41.0 Å². The summed E-state index contributed by atoms with van der Waals surface area (Å²) in [6.07, 6.45) is 13.0. The monoisotopic (exact) mass is 659 g/mol. The van der Waals surface area contributed by atoms with Gasteiger partial charge in [-0.2, -0.15) is 8.75 Å². The molecular formula is C37H39F2N3S3. The van der Waals surface area contributed by atoms with Crippen LogP contribution in [0.5, 0.6) is 0 Å². The smallest absolute Gasteiger partial charge is 0.132 e. The summed E-state index contributed by atoms with van der Waals surface area (Å²) in [5.74, 6) is 0.283. The first kappa shape index (κ1) is 31.9. The molecule has 6 aromatic rings. The first-order valence-corrected chi connectivity index (χ1v) is 18.6. The summed E-state index contributed by atoms with van der Waals surface area (Å²) in [5.41, 5.74) is 5.93. The minimum Gasteiger partial charge on any atom is -0.253 e. The summed E-state index contributed by atoms with van der Waals surface area (Å²) in [6, 6.07) is 15.4. The molecule has 0 bridgehead atoms. The number of halogens is 2. The number of rotatable bonds is 14. The van der Waals surface area contributed by atoms with E-state index < -0.39 is 0 Å². The third-order valence-corrected chi connectivity index (χ3v) is 11.7. The van der Waals surface area contributed by atoms with E-state index in [1.165, 1.54) is 25.7 Å². The van der Waals surface area contributed by atoms with Gasteiger partial charge in [-0.25, -0.2) is 8.78 Å². The first-order chi connectivity index (χ1) is 22.0. The lowest BCUT2D eigenvalue weighted by atomic mass is 9.92. The molecule has 4 aromatic heterocycles. The fraction of sp³-hybridized carbons (Fsp3) is 0.378. The van der Waals surface area contributed by atoms with Gasteiger partial charge < -0.3 is 0 Å². The van der Waals surface area contributed by atoms with Crippen LogP contribution in [0, 0.1) is 17.6 Å². The molecule has 0 aliphatic heterocycles. The molecule has 8 heteroatoms. The molecule has 45 heavy (non-hydrogen) atoms. The van der Waals surface area contributed by atoms with Crippen LogP contribution < -0.4 is 0 Å². The minimum atomic E-state index is -0.278. The summed E-state index contributed by atoms with van der Waals surface area (Å²) in [5, 5.41) is 0. The van der Waals surface area contributed by atoms with E-state index >= 15 is 8.78 Å². The number of aryl methyl sites for hydroxylation is 2. The predicted molar refractivity (Wildman–Crippen MR) is 190 cm³/mol. The molecule has 4 heterocycles. The normalized spacial score (nSPS) is 12.5. The zero-order valence-electron chi connectivity index (χ0n) is 26.2. The van der Waals surface area contributed by atoms with Gasteiger partial charge in [-0.05, 0) is 73.1 Å². The van der Waals surface area contributed by atoms with Gasteiger partial charge in [0.25, 0.3) is 0 Å². The Hall–Kier alpha value is -3.07. The summed E-state index contributed by atoms with van der Waals surface area (Å²) in [4.78, 5) is 6.66. The fourth-order valence-corrected chi connectivity index (χ4v) is 9.06. The van der Waals surface area contributed by atoms with Gasteiger partial charge in [-0.3, -0.25) is 4.98 Å². The Morgan fingerprint density at radius 2 is 1.31 bits per heavy atom. The standard InChI is InChI=1S/C37H39F2N3S3/c1-4-7-9-11-24-15-17-27(30(39)18-24)35-37-36(41-45-42-37)28(22-40-35)32-21-34-33(44-32)20-31(43-34)26-16-14-25(19-29(26)38)13-12-23(6-3)10-8-5-2/h14-23H,4-13H2,1-3H3. The summed E-state index contributed by atoms with van der Waals surface area (Å²) in [6.45, 7) is 6.66. The molecule has 0 N–H and O–H groups in total. The van der Waals surface area contributed by atoms with Crippen LogP contribution in [-0.2, 0) is 12.8 Å². The molecule has 0 saturated carbocycles. The third kappa shape index (κ3) is 7.03. The van der Waals surface area contributed by atoms with Crippen molar-refractivity contribution in [1.82, 2.24) is 13.7 Å². The Morgan fingerprint density at radius 1 is 0.667 bits per heavy atom. The van der Waals surface area contributed by atoms with Gasteiger partial charge in [-0.1, -0.05) is 77.5 Å². The predicted octanol–water partition coefficient (Wildman–Crippen LogP) is 12.5. The molecule has 0 spiro atoms. The summed E-state index contributed by atoms with van der Waals surface area (Å²) in [7, 11) is 0. The van der Waals surface area contributed by atoms with E-state index in [4.69, 9.17) is 4.98 Å². The highest BCUT2D eigenvalue weighted by molar-refractivity contribution is 7.31. The number of hydrogen-bond acceptors (Lipinski definition) is 6. The Labute approximate surface area is 276 Å². The van der Waals surface area contributed by atoms with Crippen molar-refractivity contribution in [2.75, 3.05) is 0 Å². The Balaban J connectivity index is 1.22. The van der Waals surface area contributed by atoms with Gasteiger partial charge in [0.15, 0.2) is 0 Å². The van der Waals surface area contributed by atoms with Gasteiger partial charge >= 0.3 is 0 Å². The van der Waals surface area contributed by atoms with Crippen LogP contribution in [0.25, 0.3) is 52.6 Å². The highest BCUT2D eigenvalue weighted by Gasteiger charge is 2.20. The second kappa shape index (κ2) is 14.6. The molecule has 1 unspecified atom stereocenters. The van der Waals surface area contributed by atoms with Crippen molar-refractivity contribution in [2.45, 2.75) is 85.0 Å². The average molecular weight is 660 g/mol. The molecular weight excluding hydrogens is 621 g/mol. The van der Waals surface area contributed by atoms with E-state index in [2.05, 4.69) is 47.7 Å². The number of thiophene rings is 2. The van der Waals surface area contributed by atoms with Crippen molar-refractivity contribution < 1.29 is 8.78 Å². The van der Waals surface area contributed by atoms with Crippen LogP contribution in [0.3, 0.4) is 0 Å². The lowest BCUT2D eigenvalue weighted by Gasteiger charge is -2.14. The van der Waals surface area contributed by atoms with Crippen LogP contribution >= 0.6 is 34.4 Å². The number of nitrogens with zero attached hydrogens (tertiary/aromatic N) is 3. The molecule has 0 radical (unpaired) electrons. The number of fused-ring (bicyclic) bond motifs is 2. The topological polar surface area (TPSA) is 38.7 Å². The van der Waals surface area contributed by atoms with Crippen molar-refractivity contribution in [3.05, 3.63) is 77.5 Å². The highest BCUT2D eigenvalue weighted by Crippen LogP contribution is 2.44. The third-order valence-electron chi connectivity index (χ3n) is 8.80. The Bertz CT molecular complexity index is 1870. The Kier molecular flexibility index (Phi) is 10.3. The zero-order chi connectivity index (χ0) is 31.3. The SMILES string of the molecule is CCCCCc1ccc(-c2ncc(-c3cc4sc(-c5ccc(CCC(CC)CCCC)cc5F)cc4s3)c3nsnc23)c(F)c1. The van der Waals surface area contributed by atoms with Gasteiger partial charge in [0.2, 0.25) is 0 Å². The second-order valence-corrected chi connectivity index (χ2v) is 14.7. The maximum absolute atomic E-state index is 15.3. The van der Waals surface area contributed by atoms with Gasteiger partial charge in [0, 0.05) is 42.0 Å².